The number of halogens is 1. The van der Waals surface area contributed by atoms with E-state index in [9.17, 15) is 9.18 Å². The predicted molar refractivity (Wildman–Crippen MR) is 78.5 cm³/mol. The van der Waals surface area contributed by atoms with E-state index in [2.05, 4.69) is 5.32 Å². The molecule has 6 heteroatoms. The SMILES string of the molecule is CC(CC(N)=S)N(C)CC(=O)Nc1ccc(F)cc1. The van der Waals surface area contributed by atoms with Crippen molar-refractivity contribution in [2.75, 3.05) is 18.9 Å². The lowest BCUT2D eigenvalue weighted by molar-refractivity contribution is -0.117. The molecular weight excluding hydrogens is 265 g/mol. The summed E-state index contributed by atoms with van der Waals surface area (Å²) in [6.07, 6.45) is 0.565. The van der Waals surface area contributed by atoms with E-state index in [-0.39, 0.29) is 24.3 Å². The third kappa shape index (κ3) is 5.76. The molecule has 1 aromatic carbocycles. The molecule has 1 amide bonds. The van der Waals surface area contributed by atoms with Gasteiger partial charge >= 0.3 is 0 Å². The number of nitrogens with two attached hydrogens (primary N) is 1. The summed E-state index contributed by atoms with van der Waals surface area (Å²) in [6, 6.07) is 5.73. The van der Waals surface area contributed by atoms with Crippen molar-refractivity contribution < 1.29 is 9.18 Å². The Morgan fingerprint density at radius 1 is 1.47 bits per heavy atom. The molecule has 0 aliphatic rings. The van der Waals surface area contributed by atoms with E-state index < -0.39 is 0 Å². The Bertz CT molecular complexity index is 450. The first-order valence-electron chi connectivity index (χ1n) is 5.92. The maximum absolute atomic E-state index is 12.7. The zero-order chi connectivity index (χ0) is 14.4. The molecule has 104 valence electrons. The zero-order valence-electron chi connectivity index (χ0n) is 11.0. The topological polar surface area (TPSA) is 58.4 Å². The monoisotopic (exact) mass is 283 g/mol. The van der Waals surface area contributed by atoms with E-state index >= 15 is 0 Å². The van der Waals surface area contributed by atoms with Crippen molar-refractivity contribution >= 4 is 28.8 Å². The number of thiocarbonyl (C=S) groups is 1. The number of carbonyl (C=O) groups is 1. The van der Waals surface area contributed by atoms with Crippen molar-refractivity contribution in [2.45, 2.75) is 19.4 Å². The van der Waals surface area contributed by atoms with Crippen LogP contribution in [0.15, 0.2) is 24.3 Å². The number of rotatable bonds is 6. The summed E-state index contributed by atoms with van der Waals surface area (Å²) in [5, 5.41) is 2.70. The Morgan fingerprint density at radius 3 is 2.58 bits per heavy atom. The zero-order valence-corrected chi connectivity index (χ0v) is 11.8. The van der Waals surface area contributed by atoms with Gasteiger partial charge in [-0.25, -0.2) is 4.39 Å². The minimum absolute atomic E-state index is 0.0940. The van der Waals surface area contributed by atoms with Crippen molar-refractivity contribution in [3.05, 3.63) is 30.1 Å². The van der Waals surface area contributed by atoms with Gasteiger partial charge in [0.1, 0.15) is 5.82 Å². The maximum atomic E-state index is 12.7. The minimum Gasteiger partial charge on any atom is -0.393 e. The van der Waals surface area contributed by atoms with Crippen LogP contribution in [0.4, 0.5) is 10.1 Å². The van der Waals surface area contributed by atoms with E-state index in [0.29, 0.717) is 17.1 Å². The van der Waals surface area contributed by atoms with Gasteiger partial charge in [-0.05, 0) is 38.2 Å². The number of amides is 1. The molecule has 0 bridgehead atoms. The molecule has 0 aliphatic carbocycles. The fourth-order valence-corrected chi connectivity index (χ4v) is 1.80. The second-order valence-corrected chi connectivity index (χ2v) is 5.01. The summed E-state index contributed by atoms with van der Waals surface area (Å²) in [5.41, 5.74) is 6.04. The largest absolute Gasteiger partial charge is 0.393 e. The van der Waals surface area contributed by atoms with Gasteiger partial charge in [-0.2, -0.15) is 0 Å². The van der Waals surface area contributed by atoms with Gasteiger partial charge in [0.25, 0.3) is 0 Å². The summed E-state index contributed by atoms with van der Waals surface area (Å²) < 4.78 is 12.7. The molecule has 0 aliphatic heterocycles. The standard InChI is InChI=1S/C13H18FN3OS/c1-9(7-12(15)19)17(2)8-13(18)16-11-5-3-10(14)4-6-11/h3-6,9H,7-8H2,1-2H3,(H2,15,19)(H,16,18). The van der Waals surface area contributed by atoms with Crippen LogP contribution in [0.25, 0.3) is 0 Å². The van der Waals surface area contributed by atoms with Crippen molar-refractivity contribution in [3.8, 4) is 0 Å². The van der Waals surface area contributed by atoms with Gasteiger partial charge in [0.05, 0.1) is 11.5 Å². The van der Waals surface area contributed by atoms with Gasteiger partial charge in [0.2, 0.25) is 5.91 Å². The normalized spacial score (nSPS) is 12.2. The number of benzene rings is 1. The number of carbonyl (C=O) groups excluding carboxylic acids is 1. The van der Waals surface area contributed by atoms with E-state index in [1.54, 1.807) is 0 Å². The molecule has 0 fully saturated rings. The number of anilines is 1. The summed E-state index contributed by atoms with van der Waals surface area (Å²) in [4.78, 5) is 14.1. The van der Waals surface area contributed by atoms with Crippen LogP contribution in [0.5, 0.6) is 0 Å². The summed E-state index contributed by atoms with van der Waals surface area (Å²) in [7, 11) is 1.83. The van der Waals surface area contributed by atoms with Crippen LogP contribution in [0, 0.1) is 5.82 Å². The van der Waals surface area contributed by atoms with Crippen LogP contribution >= 0.6 is 12.2 Å². The molecule has 4 nitrogen and oxygen atoms in total. The molecule has 0 aromatic heterocycles. The molecule has 1 atom stereocenters. The quantitative estimate of drug-likeness (QED) is 0.781. The Balaban J connectivity index is 2.46. The van der Waals surface area contributed by atoms with E-state index in [1.807, 2.05) is 18.9 Å². The van der Waals surface area contributed by atoms with Crippen LogP contribution in [0.2, 0.25) is 0 Å². The molecular formula is C13H18FN3OS. The number of nitrogens with zero attached hydrogens (tertiary/aromatic N) is 1. The van der Waals surface area contributed by atoms with Gasteiger partial charge < -0.3 is 11.1 Å². The lowest BCUT2D eigenvalue weighted by Crippen LogP contribution is -2.38. The van der Waals surface area contributed by atoms with E-state index in [1.165, 1.54) is 24.3 Å². The van der Waals surface area contributed by atoms with Gasteiger partial charge in [-0.1, -0.05) is 12.2 Å². The molecule has 0 saturated heterocycles. The highest BCUT2D eigenvalue weighted by molar-refractivity contribution is 7.80. The average Bonchev–Trinajstić information content (AvgIpc) is 2.31. The lowest BCUT2D eigenvalue weighted by Gasteiger charge is -2.23. The first kappa shape index (κ1) is 15.5. The number of hydrogen-bond acceptors (Lipinski definition) is 3. The lowest BCUT2D eigenvalue weighted by atomic mass is 10.2. The van der Waals surface area contributed by atoms with Crippen LogP contribution < -0.4 is 11.1 Å². The summed E-state index contributed by atoms with van der Waals surface area (Å²) >= 11 is 4.84. The van der Waals surface area contributed by atoms with Crippen molar-refractivity contribution in [1.82, 2.24) is 4.90 Å². The Labute approximate surface area is 117 Å². The van der Waals surface area contributed by atoms with E-state index in [0.717, 1.165) is 0 Å². The first-order valence-corrected chi connectivity index (χ1v) is 6.33. The van der Waals surface area contributed by atoms with Crippen LogP contribution in [0.3, 0.4) is 0 Å². The molecule has 1 unspecified atom stereocenters. The average molecular weight is 283 g/mol. The smallest absolute Gasteiger partial charge is 0.238 e. The highest BCUT2D eigenvalue weighted by Gasteiger charge is 2.13. The van der Waals surface area contributed by atoms with Crippen LogP contribution in [-0.2, 0) is 4.79 Å². The molecule has 1 aromatic rings. The molecule has 0 saturated carbocycles. The molecule has 3 N–H and O–H groups in total. The van der Waals surface area contributed by atoms with Crippen molar-refractivity contribution in [3.63, 3.8) is 0 Å². The molecule has 0 heterocycles. The Hall–Kier alpha value is -1.53. The predicted octanol–water partition coefficient (Wildman–Crippen LogP) is 1.76. The van der Waals surface area contributed by atoms with Crippen molar-refractivity contribution in [1.29, 1.82) is 0 Å². The Morgan fingerprint density at radius 2 is 2.05 bits per heavy atom. The molecule has 1 rings (SSSR count). The van der Waals surface area contributed by atoms with Crippen molar-refractivity contribution in [2.24, 2.45) is 5.73 Å². The molecule has 0 spiro atoms. The first-order chi connectivity index (χ1) is 8.88. The van der Waals surface area contributed by atoms with Crippen LogP contribution in [-0.4, -0.2) is 35.4 Å². The maximum Gasteiger partial charge on any atom is 0.238 e. The van der Waals surface area contributed by atoms with Gasteiger partial charge in [-0.3, -0.25) is 9.69 Å². The van der Waals surface area contributed by atoms with Gasteiger partial charge in [0.15, 0.2) is 0 Å². The highest BCUT2D eigenvalue weighted by atomic mass is 32.1. The Kier molecular flexibility index (Phi) is 5.85. The highest BCUT2D eigenvalue weighted by Crippen LogP contribution is 2.08. The second kappa shape index (κ2) is 7.16. The fraction of sp³-hybridized carbons (Fsp3) is 0.385. The fourth-order valence-electron chi connectivity index (χ4n) is 1.56. The third-order valence-corrected chi connectivity index (χ3v) is 2.94. The minimum atomic E-state index is -0.333. The van der Waals surface area contributed by atoms with Gasteiger partial charge in [0, 0.05) is 18.2 Å². The second-order valence-electron chi connectivity index (χ2n) is 4.49. The number of nitrogens with one attached hydrogen (secondary N) is 1. The number of likely N-dealkylation sites (N-methyl/N-ethyl adjacent to an activating group) is 1. The van der Waals surface area contributed by atoms with E-state index in [4.69, 9.17) is 18.0 Å². The third-order valence-electron chi connectivity index (χ3n) is 2.77. The molecule has 19 heavy (non-hydrogen) atoms. The van der Waals surface area contributed by atoms with Gasteiger partial charge in [-0.15, -0.1) is 0 Å². The number of hydrogen-bond donors (Lipinski definition) is 2. The summed E-state index contributed by atoms with van der Waals surface area (Å²) in [5.74, 6) is -0.496. The molecule has 0 radical (unpaired) electrons. The van der Waals surface area contributed by atoms with Crippen LogP contribution in [0.1, 0.15) is 13.3 Å². The summed E-state index contributed by atoms with van der Waals surface area (Å²) in [6.45, 7) is 2.17.